The first-order valence-electron chi connectivity index (χ1n) is 13.2. The van der Waals surface area contributed by atoms with Crippen molar-refractivity contribution < 1.29 is 22.7 Å². The van der Waals surface area contributed by atoms with Crippen molar-refractivity contribution in [3.05, 3.63) is 76.1 Å². The van der Waals surface area contributed by atoms with Gasteiger partial charge < -0.3 is 20.3 Å². The van der Waals surface area contributed by atoms with Gasteiger partial charge in [0.15, 0.2) is 6.61 Å². The number of ether oxygens (including phenoxy) is 1. The molecule has 12 heteroatoms. The van der Waals surface area contributed by atoms with Crippen molar-refractivity contribution in [2.45, 2.75) is 31.0 Å². The molecule has 2 unspecified atom stereocenters. The van der Waals surface area contributed by atoms with E-state index in [-0.39, 0.29) is 24.1 Å². The molecule has 3 aromatic rings. The number of aromatic nitrogens is 3. The molecule has 40 heavy (non-hydrogen) atoms. The first-order valence-corrected chi connectivity index (χ1v) is 13.6. The van der Waals surface area contributed by atoms with Gasteiger partial charge in [0.05, 0.1) is 5.54 Å². The van der Waals surface area contributed by atoms with E-state index in [1.807, 2.05) is 29.2 Å². The van der Waals surface area contributed by atoms with E-state index >= 15 is 0 Å². The molecule has 3 fully saturated rings. The second-order valence-corrected chi connectivity index (χ2v) is 11.2. The third-order valence-corrected chi connectivity index (χ3v) is 8.02. The predicted molar refractivity (Wildman–Crippen MR) is 142 cm³/mol. The maximum Gasteiger partial charge on any atom is 0.422 e. The van der Waals surface area contributed by atoms with Gasteiger partial charge in [0.25, 0.3) is 5.91 Å². The second kappa shape index (κ2) is 10.5. The fourth-order valence-corrected chi connectivity index (χ4v) is 5.62. The molecule has 2 saturated heterocycles. The summed E-state index contributed by atoms with van der Waals surface area (Å²) in [5.41, 5.74) is 1.95. The molecule has 0 bridgehead atoms. The minimum atomic E-state index is -4.53. The van der Waals surface area contributed by atoms with Gasteiger partial charge in [-0.3, -0.25) is 4.79 Å². The summed E-state index contributed by atoms with van der Waals surface area (Å²) in [6.07, 6.45) is -2.70. The molecule has 1 aromatic heterocycles. The van der Waals surface area contributed by atoms with Crippen LogP contribution >= 0.6 is 11.6 Å². The Balaban J connectivity index is 1.19. The lowest BCUT2D eigenvalue weighted by Crippen LogP contribution is -2.31. The van der Waals surface area contributed by atoms with Crippen LogP contribution in [0.25, 0.3) is 0 Å². The molecule has 1 saturated carbocycles. The summed E-state index contributed by atoms with van der Waals surface area (Å²) in [4.78, 5) is 27.7. The van der Waals surface area contributed by atoms with Crippen molar-refractivity contribution in [1.29, 1.82) is 0 Å². The van der Waals surface area contributed by atoms with Crippen LogP contribution < -0.4 is 15.4 Å². The van der Waals surface area contributed by atoms with E-state index in [1.165, 1.54) is 0 Å². The number of amides is 1. The van der Waals surface area contributed by atoms with E-state index in [1.54, 1.807) is 24.3 Å². The van der Waals surface area contributed by atoms with Crippen LogP contribution in [0.5, 0.6) is 6.01 Å². The van der Waals surface area contributed by atoms with Gasteiger partial charge in [0.2, 0.25) is 5.95 Å². The van der Waals surface area contributed by atoms with Crippen molar-refractivity contribution in [3.8, 4) is 6.01 Å². The highest BCUT2D eigenvalue weighted by molar-refractivity contribution is 6.30. The summed E-state index contributed by atoms with van der Waals surface area (Å²) in [6, 6.07) is 14.1. The van der Waals surface area contributed by atoms with Gasteiger partial charge >= 0.3 is 12.2 Å². The van der Waals surface area contributed by atoms with Gasteiger partial charge in [-0.1, -0.05) is 35.9 Å². The van der Waals surface area contributed by atoms with Crippen LogP contribution in [0.1, 0.15) is 40.2 Å². The Morgan fingerprint density at radius 2 is 1.70 bits per heavy atom. The number of hydrogen-bond acceptors (Lipinski definition) is 7. The smallest absolute Gasteiger partial charge is 0.422 e. The maximum absolute atomic E-state index is 13.0. The summed E-state index contributed by atoms with van der Waals surface area (Å²) in [5, 5.41) is 7.26. The average Bonchev–Trinajstić information content (AvgIpc) is 3.36. The zero-order valence-electron chi connectivity index (χ0n) is 21.5. The molecule has 8 nitrogen and oxygen atoms in total. The van der Waals surface area contributed by atoms with E-state index in [0.717, 1.165) is 50.1 Å². The molecular formula is C28H28ClF3N6O2. The number of hydrogen-bond donors (Lipinski definition) is 2. The van der Waals surface area contributed by atoms with Crippen molar-refractivity contribution in [2.24, 2.45) is 11.8 Å². The molecule has 0 radical (unpaired) electrons. The van der Waals surface area contributed by atoms with Gasteiger partial charge in [0.1, 0.15) is 5.82 Å². The van der Waals surface area contributed by atoms with Crippen LogP contribution in [0.3, 0.4) is 0 Å². The first-order chi connectivity index (χ1) is 19.2. The Kier molecular flexibility index (Phi) is 7.03. The minimum absolute atomic E-state index is 0.00682. The molecular weight excluding hydrogens is 545 g/mol. The summed E-state index contributed by atoms with van der Waals surface area (Å²) >= 11 is 6.03. The van der Waals surface area contributed by atoms with Crippen LogP contribution in [0.15, 0.2) is 48.5 Å². The topological polar surface area (TPSA) is 92.3 Å². The molecule has 3 heterocycles. The minimum Gasteiger partial charge on any atom is -0.454 e. The van der Waals surface area contributed by atoms with Crippen LogP contribution in [0.4, 0.5) is 19.1 Å². The molecule has 6 rings (SSSR count). The number of halogens is 4. The van der Waals surface area contributed by atoms with E-state index in [9.17, 15) is 18.0 Å². The Labute approximate surface area is 234 Å². The Hall–Kier alpha value is -3.44. The van der Waals surface area contributed by atoms with Gasteiger partial charge in [-0.15, -0.1) is 0 Å². The summed E-state index contributed by atoms with van der Waals surface area (Å²) in [5.74, 6) is 1.42. The molecule has 2 N–H and O–H groups in total. The molecule has 3 aliphatic rings. The fraction of sp³-hybridized carbons (Fsp3) is 0.429. The molecule has 1 aliphatic carbocycles. The molecule has 2 atom stereocenters. The number of carbonyl (C=O) groups excluding carboxylic acids is 1. The normalized spacial score (nSPS) is 21.2. The summed E-state index contributed by atoms with van der Waals surface area (Å²) in [7, 11) is 0. The van der Waals surface area contributed by atoms with E-state index < -0.39 is 24.3 Å². The van der Waals surface area contributed by atoms with E-state index in [2.05, 4.69) is 25.6 Å². The summed E-state index contributed by atoms with van der Waals surface area (Å²) < 4.78 is 43.4. The number of rotatable bonds is 8. The number of fused-ring (bicyclic) bond motifs is 1. The Bertz CT molecular complexity index is 1370. The number of anilines is 1. The van der Waals surface area contributed by atoms with Crippen LogP contribution in [0, 0.1) is 11.8 Å². The molecule has 2 aromatic carbocycles. The highest BCUT2D eigenvalue weighted by Crippen LogP contribution is 2.48. The maximum atomic E-state index is 13.0. The van der Waals surface area contributed by atoms with Gasteiger partial charge in [-0.2, -0.15) is 28.1 Å². The standard InChI is InChI=1S/C28H28ClF3N6O2/c29-22-7-5-21(6-8-22)27(9-10-27)37-25-34-23(35-26(36-25)40-16-28(30,31)32)11-17-1-3-18(4-2-17)24(39)38-14-19-12-33-13-20(19)15-38/h1-8,19-20,33H,9-16H2,(H,34,35,36,37). The first kappa shape index (κ1) is 26.8. The lowest BCUT2D eigenvalue weighted by Gasteiger charge is -2.19. The number of likely N-dealkylation sites (tertiary alicyclic amines) is 1. The van der Waals surface area contributed by atoms with Gasteiger partial charge in [-0.05, 0) is 60.1 Å². The van der Waals surface area contributed by atoms with Crippen molar-refractivity contribution >= 4 is 23.5 Å². The highest BCUT2D eigenvalue weighted by atomic mass is 35.5. The highest BCUT2D eigenvalue weighted by Gasteiger charge is 2.45. The number of alkyl halides is 3. The molecule has 210 valence electrons. The van der Waals surface area contributed by atoms with Crippen molar-refractivity contribution in [1.82, 2.24) is 25.2 Å². The number of benzene rings is 2. The van der Waals surface area contributed by atoms with E-state index in [4.69, 9.17) is 16.3 Å². The summed E-state index contributed by atoms with van der Waals surface area (Å²) in [6.45, 7) is 1.91. The van der Waals surface area contributed by atoms with Crippen molar-refractivity contribution in [2.75, 3.05) is 38.1 Å². The van der Waals surface area contributed by atoms with Gasteiger partial charge in [0, 0.05) is 43.2 Å². The van der Waals surface area contributed by atoms with Crippen LogP contribution in [0.2, 0.25) is 5.02 Å². The zero-order chi connectivity index (χ0) is 27.9. The lowest BCUT2D eigenvalue weighted by atomic mass is 10.0. The van der Waals surface area contributed by atoms with Crippen molar-refractivity contribution in [3.63, 3.8) is 0 Å². The Morgan fingerprint density at radius 3 is 2.33 bits per heavy atom. The third kappa shape index (κ3) is 6.00. The van der Waals surface area contributed by atoms with Gasteiger partial charge in [-0.25, -0.2) is 0 Å². The zero-order valence-corrected chi connectivity index (χ0v) is 22.3. The fourth-order valence-electron chi connectivity index (χ4n) is 5.49. The molecule has 1 amide bonds. The third-order valence-electron chi connectivity index (χ3n) is 7.76. The average molecular weight is 573 g/mol. The second-order valence-electron chi connectivity index (χ2n) is 10.7. The number of nitrogens with zero attached hydrogens (tertiary/aromatic N) is 4. The van der Waals surface area contributed by atoms with E-state index in [0.29, 0.717) is 22.4 Å². The number of nitrogens with one attached hydrogen (secondary N) is 2. The number of carbonyl (C=O) groups is 1. The molecule has 2 aliphatic heterocycles. The predicted octanol–water partition coefficient (Wildman–Crippen LogP) is 4.45. The monoisotopic (exact) mass is 572 g/mol. The Morgan fingerprint density at radius 1 is 1.02 bits per heavy atom. The van der Waals surface area contributed by atoms with Crippen LogP contribution in [-0.4, -0.2) is 64.7 Å². The SMILES string of the molecule is O=C(c1ccc(Cc2nc(NC3(c4ccc(Cl)cc4)CC3)nc(OCC(F)(F)F)n2)cc1)N1CC2CNCC2C1. The quantitative estimate of drug-likeness (QED) is 0.412. The lowest BCUT2D eigenvalue weighted by molar-refractivity contribution is -0.154. The molecule has 0 spiro atoms. The largest absolute Gasteiger partial charge is 0.454 e. The van der Waals surface area contributed by atoms with Crippen LogP contribution in [-0.2, 0) is 12.0 Å².